The van der Waals surface area contributed by atoms with Crippen LogP contribution in [0.5, 0.6) is 0 Å². The normalized spacial score (nSPS) is 9.77. The molecular formula is C10H7N3. The van der Waals surface area contributed by atoms with E-state index < -0.39 is 0 Å². The van der Waals surface area contributed by atoms with Crippen LogP contribution in [0, 0.1) is 11.3 Å². The lowest BCUT2D eigenvalue weighted by molar-refractivity contribution is 1.36. The van der Waals surface area contributed by atoms with Gasteiger partial charge in [0.05, 0.1) is 11.3 Å². The maximum absolute atomic E-state index is 8.73. The monoisotopic (exact) mass is 169 g/mol. The molecule has 2 rings (SSSR count). The summed E-state index contributed by atoms with van der Waals surface area (Å²) in [5.41, 5.74) is 6.77. The molecule has 0 radical (unpaired) electrons. The molecule has 0 amide bonds. The number of nitrogens with two attached hydrogens (primary N) is 1. The third-order valence-corrected chi connectivity index (χ3v) is 1.99. The van der Waals surface area contributed by atoms with Crippen molar-refractivity contribution in [3.8, 4) is 6.07 Å². The number of rotatable bonds is 0. The van der Waals surface area contributed by atoms with Gasteiger partial charge in [0.15, 0.2) is 0 Å². The fraction of sp³-hybridized carbons (Fsp3) is 0. The predicted octanol–water partition coefficient (Wildman–Crippen LogP) is 1.69. The number of fused-ring (bicyclic) bond motifs is 1. The molecule has 0 fully saturated rings. The Bertz CT molecular complexity index is 497. The molecule has 1 aromatic heterocycles. The largest absolute Gasteiger partial charge is 0.397 e. The fourth-order valence-corrected chi connectivity index (χ4v) is 1.28. The van der Waals surface area contributed by atoms with Crippen LogP contribution >= 0.6 is 0 Å². The van der Waals surface area contributed by atoms with Gasteiger partial charge in [-0.25, -0.2) is 0 Å². The number of nitrogens with zero attached hydrogens (tertiary/aromatic N) is 2. The van der Waals surface area contributed by atoms with Crippen LogP contribution in [0.3, 0.4) is 0 Å². The van der Waals surface area contributed by atoms with E-state index in [9.17, 15) is 0 Å². The van der Waals surface area contributed by atoms with Crippen LogP contribution in [0.25, 0.3) is 10.8 Å². The van der Waals surface area contributed by atoms with Gasteiger partial charge in [0.25, 0.3) is 0 Å². The molecule has 1 heterocycles. The molecule has 0 unspecified atom stereocenters. The highest BCUT2D eigenvalue weighted by Gasteiger charge is 2.02. The van der Waals surface area contributed by atoms with E-state index >= 15 is 0 Å². The number of hydrogen-bond acceptors (Lipinski definition) is 3. The summed E-state index contributed by atoms with van der Waals surface area (Å²) in [6, 6.07) is 7.49. The van der Waals surface area contributed by atoms with Crippen molar-refractivity contribution in [2.75, 3.05) is 5.73 Å². The predicted molar refractivity (Wildman–Crippen MR) is 50.9 cm³/mol. The molecule has 2 N–H and O–H groups in total. The van der Waals surface area contributed by atoms with Gasteiger partial charge in [-0.2, -0.15) is 5.26 Å². The van der Waals surface area contributed by atoms with Crippen LogP contribution in [-0.2, 0) is 0 Å². The van der Waals surface area contributed by atoms with Crippen molar-refractivity contribution in [2.45, 2.75) is 0 Å². The Morgan fingerprint density at radius 3 is 2.92 bits per heavy atom. The van der Waals surface area contributed by atoms with Crippen LogP contribution in [0.2, 0.25) is 0 Å². The van der Waals surface area contributed by atoms with Gasteiger partial charge in [0, 0.05) is 17.8 Å². The van der Waals surface area contributed by atoms with E-state index in [1.54, 1.807) is 18.5 Å². The highest BCUT2D eigenvalue weighted by atomic mass is 14.6. The Labute approximate surface area is 75.4 Å². The number of nitriles is 1. The Kier molecular flexibility index (Phi) is 1.60. The molecule has 3 nitrogen and oxygen atoms in total. The highest BCUT2D eigenvalue weighted by molar-refractivity contribution is 5.94. The van der Waals surface area contributed by atoms with E-state index in [0.29, 0.717) is 11.3 Å². The van der Waals surface area contributed by atoms with Gasteiger partial charge in [0.1, 0.15) is 6.07 Å². The van der Waals surface area contributed by atoms with Crippen LogP contribution < -0.4 is 5.73 Å². The lowest BCUT2D eigenvalue weighted by atomic mass is 10.1. The van der Waals surface area contributed by atoms with Crippen molar-refractivity contribution in [1.29, 1.82) is 5.26 Å². The second-order valence-corrected chi connectivity index (χ2v) is 2.74. The van der Waals surface area contributed by atoms with Gasteiger partial charge in [-0.1, -0.05) is 6.07 Å². The quantitative estimate of drug-likeness (QED) is 0.610. The zero-order valence-electron chi connectivity index (χ0n) is 6.86. The van der Waals surface area contributed by atoms with Gasteiger partial charge >= 0.3 is 0 Å². The zero-order chi connectivity index (χ0) is 9.26. The molecule has 62 valence electrons. The first-order valence-electron chi connectivity index (χ1n) is 3.85. The van der Waals surface area contributed by atoms with Gasteiger partial charge in [-0.15, -0.1) is 0 Å². The number of hydrogen-bond donors (Lipinski definition) is 1. The van der Waals surface area contributed by atoms with E-state index in [-0.39, 0.29) is 0 Å². The summed E-state index contributed by atoms with van der Waals surface area (Å²) in [5.74, 6) is 0. The SMILES string of the molecule is N#Cc1ccc2ccncc2c1N. The van der Waals surface area contributed by atoms with Gasteiger partial charge < -0.3 is 5.73 Å². The van der Waals surface area contributed by atoms with E-state index in [0.717, 1.165) is 10.8 Å². The van der Waals surface area contributed by atoms with Crippen LogP contribution in [-0.4, -0.2) is 4.98 Å². The smallest absolute Gasteiger partial charge is 0.101 e. The zero-order valence-corrected chi connectivity index (χ0v) is 6.86. The summed E-state index contributed by atoms with van der Waals surface area (Å²) in [5, 5.41) is 10.6. The summed E-state index contributed by atoms with van der Waals surface area (Å²) < 4.78 is 0. The molecule has 0 spiro atoms. The van der Waals surface area contributed by atoms with E-state index in [4.69, 9.17) is 11.0 Å². The van der Waals surface area contributed by atoms with Gasteiger partial charge in [-0.3, -0.25) is 4.98 Å². The third kappa shape index (κ3) is 1.09. The Morgan fingerprint density at radius 1 is 1.31 bits per heavy atom. The van der Waals surface area contributed by atoms with E-state index in [1.165, 1.54) is 0 Å². The average molecular weight is 169 g/mol. The minimum Gasteiger partial charge on any atom is -0.397 e. The molecular weight excluding hydrogens is 162 g/mol. The molecule has 13 heavy (non-hydrogen) atoms. The van der Waals surface area contributed by atoms with Crippen molar-refractivity contribution in [3.05, 3.63) is 36.2 Å². The Balaban J connectivity index is 2.89. The van der Waals surface area contributed by atoms with Crippen molar-refractivity contribution >= 4 is 16.5 Å². The van der Waals surface area contributed by atoms with Crippen molar-refractivity contribution in [1.82, 2.24) is 4.98 Å². The minimum atomic E-state index is 0.500. The summed E-state index contributed by atoms with van der Waals surface area (Å²) in [6.07, 6.45) is 3.37. The first-order chi connectivity index (χ1) is 6.33. The molecule has 0 saturated heterocycles. The van der Waals surface area contributed by atoms with Crippen LogP contribution in [0.4, 0.5) is 5.69 Å². The number of aromatic nitrogens is 1. The van der Waals surface area contributed by atoms with E-state index in [1.807, 2.05) is 18.2 Å². The van der Waals surface area contributed by atoms with Crippen molar-refractivity contribution < 1.29 is 0 Å². The molecule has 3 heteroatoms. The Hall–Kier alpha value is -2.08. The topological polar surface area (TPSA) is 62.7 Å². The van der Waals surface area contributed by atoms with Crippen molar-refractivity contribution in [3.63, 3.8) is 0 Å². The van der Waals surface area contributed by atoms with Crippen LogP contribution in [0.15, 0.2) is 30.6 Å². The lowest BCUT2D eigenvalue weighted by Gasteiger charge is -2.01. The molecule has 0 aliphatic rings. The Morgan fingerprint density at radius 2 is 2.15 bits per heavy atom. The number of pyridine rings is 1. The van der Waals surface area contributed by atoms with Crippen molar-refractivity contribution in [2.24, 2.45) is 0 Å². The summed E-state index contributed by atoms with van der Waals surface area (Å²) in [7, 11) is 0. The number of benzene rings is 1. The maximum Gasteiger partial charge on any atom is 0.101 e. The fourth-order valence-electron chi connectivity index (χ4n) is 1.28. The van der Waals surface area contributed by atoms with Gasteiger partial charge in [0.2, 0.25) is 0 Å². The third-order valence-electron chi connectivity index (χ3n) is 1.99. The molecule has 0 atom stereocenters. The van der Waals surface area contributed by atoms with Gasteiger partial charge in [-0.05, 0) is 17.5 Å². The lowest BCUT2D eigenvalue weighted by Crippen LogP contribution is -1.91. The molecule has 0 aliphatic heterocycles. The molecule has 0 bridgehead atoms. The minimum absolute atomic E-state index is 0.500. The molecule has 0 saturated carbocycles. The number of anilines is 1. The summed E-state index contributed by atoms with van der Waals surface area (Å²) in [6.45, 7) is 0. The summed E-state index contributed by atoms with van der Waals surface area (Å²) in [4.78, 5) is 3.96. The molecule has 2 aromatic rings. The highest BCUT2D eigenvalue weighted by Crippen LogP contribution is 2.22. The average Bonchev–Trinajstić information content (AvgIpc) is 2.19. The first kappa shape index (κ1) is 7.56. The molecule has 0 aliphatic carbocycles. The van der Waals surface area contributed by atoms with E-state index in [2.05, 4.69) is 4.98 Å². The maximum atomic E-state index is 8.73. The standard InChI is InChI=1S/C10H7N3/c11-5-8-2-1-7-3-4-13-6-9(7)10(8)12/h1-4,6H,12H2. The second kappa shape index (κ2) is 2.76. The summed E-state index contributed by atoms with van der Waals surface area (Å²) >= 11 is 0. The molecule has 1 aromatic carbocycles. The number of nitrogen functional groups attached to an aromatic ring is 1. The van der Waals surface area contributed by atoms with Crippen LogP contribution in [0.1, 0.15) is 5.56 Å². The first-order valence-corrected chi connectivity index (χ1v) is 3.85. The second-order valence-electron chi connectivity index (χ2n) is 2.74.